The highest BCUT2D eigenvalue weighted by atomic mass is 16.3. The van der Waals surface area contributed by atoms with E-state index in [4.69, 9.17) is 5.73 Å². The number of benzene rings is 1. The summed E-state index contributed by atoms with van der Waals surface area (Å²) in [5.41, 5.74) is 9.18. The van der Waals surface area contributed by atoms with Crippen LogP contribution < -0.4 is 5.73 Å². The smallest absolute Gasteiger partial charge is 0.101 e. The quantitative estimate of drug-likeness (QED) is 0.792. The lowest BCUT2D eigenvalue weighted by Gasteiger charge is -2.14. The van der Waals surface area contributed by atoms with Crippen LogP contribution in [0.4, 0.5) is 5.69 Å². The molecule has 0 spiro atoms. The number of nitrogens with zero attached hydrogens (tertiary/aromatic N) is 2. The van der Waals surface area contributed by atoms with Crippen molar-refractivity contribution in [1.29, 1.82) is 0 Å². The third kappa shape index (κ3) is 2.47. The number of hydrogen-bond donors (Lipinski definition) is 2. The van der Waals surface area contributed by atoms with Crippen molar-refractivity contribution in [2.75, 3.05) is 5.73 Å². The number of aliphatic hydroxyl groups is 1. The number of aromatic nitrogens is 2. The average molecular weight is 231 g/mol. The number of aryl methyl sites for hydroxylation is 2. The Morgan fingerprint density at radius 2 is 2.06 bits per heavy atom. The van der Waals surface area contributed by atoms with E-state index in [9.17, 15) is 5.11 Å². The minimum atomic E-state index is -0.630. The fourth-order valence-corrected chi connectivity index (χ4v) is 1.94. The first kappa shape index (κ1) is 11.7. The minimum absolute atomic E-state index is 0.424. The Kier molecular flexibility index (Phi) is 3.15. The van der Waals surface area contributed by atoms with Gasteiger partial charge in [0.2, 0.25) is 0 Å². The summed E-state index contributed by atoms with van der Waals surface area (Å²) < 4.78 is 1.80. The zero-order valence-corrected chi connectivity index (χ0v) is 10.1. The summed E-state index contributed by atoms with van der Waals surface area (Å²) >= 11 is 0. The minimum Gasteiger partial charge on any atom is -0.398 e. The van der Waals surface area contributed by atoms with Gasteiger partial charge in [-0.15, -0.1) is 0 Å². The van der Waals surface area contributed by atoms with Crippen LogP contribution in [0.15, 0.2) is 30.3 Å². The summed E-state index contributed by atoms with van der Waals surface area (Å²) in [5, 5.41) is 14.5. The van der Waals surface area contributed by atoms with E-state index in [1.807, 2.05) is 38.1 Å². The summed E-state index contributed by atoms with van der Waals surface area (Å²) in [6, 6.07) is 9.34. The predicted molar refractivity (Wildman–Crippen MR) is 67.5 cm³/mol. The second-order valence-electron chi connectivity index (χ2n) is 4.25. The molecule has 1 unspecified atom stereocenters. The molecule has 0 aliphatic rings. The molecule has 0 saturated heterocycles. The van der Waals surface area contributed by atoms with Crippen LogP contribution in [0.2, 0.25) is 0 Å². The van der Waals surface area contributed by atoms with E-state index in [1.54, 1.807) is 10.7 Å². The molecule has 0 aliphatic carbocycles. The Morgan fingerprint density at radius 3 is 2.65 bits per heavy atom. The molecule has 90 valence electrons. The van der Waals surface area contributed by atoms with Gasteiger partial charge in [0.05, 0.1) is 12.2 Å². The van der Waals surface area contributed by atoms with E-state index in [-0.39, 0.29) is 0 Å². The first-order chi connectivity index (χ1) is 8.08. The van der Waals surface area contributed by atoms with Crippen molar-refractivity contribution in [2.45, 2.75) is 26.5 Å². The molecular formula is C13H17N3O. The fourth-order valence-electron chi connectivity index (χ4n) is 1.94. The molecule has 2 rings (SSSR count). The number of nitrogens with two attached hydrogens (primary N) is 1. The van der Waals surface area contributed by atoms with Crippen molar-refractivity contribution in [3.05, 3.63) is 47.3 Å². The lowest BCUT2D eigenvalue weighted by molar-refractivity contribution is 0.151. The zero-order valence-electron chi connectivity index (χ0n) is 10.1. The van der Waals surface area contributed by atoms with Crippen LogP contribution in [0.25, 0.3) is 0 Å². The van der Waals surface area contributed by atoms with Gasteiger partial charge in [0.25, 0.3) is 0 Å². The molecule has 0 bridgehead atoms. The van der Waals surface area contributed by atoms with Gasteiger partial charge < -0.3 is 10.8 Å². The summed E-state index contributed by atoms with van der Waals surface area (Å²) in [5.74, 6) is 0. The fraction of sp³-hybridized carbons (Fsp3) is 0.308. The van der Waals surface area contributed by atoms with E-state index in [2.05, 4.69) is 5.10 Å². The first-order valence-corrected chi connectivity index (χ1v) is 5.61. The molecule has 4 nitrogen and oxygen atoms in total. The Hall–Kier alpha value is -1.81. The van der Waals surface area contributed by atoms with Crippen molar-refractivity contribution in [3.63, 3.8) is 0 Å². The molecule has 17 heavy (non-hydrogen) atoms. The second-order valence-corrected chi connectivity index (χ2v) is 4.25. The van der Waals surface area contributed by atoms with Crippen molar-refractivity contribution >= 4 is 5.69 Å². The monoisotopic (exact) mass is 231 g/mol. The third-order valence-electron chi connectivity index (χ3n) is 2.80. The standard InChI is InChI=1S/C13H17N3O/c1-9-7-10(2)16(15-9)8-13(17)11-5-3-4-6-12(11)14/h3-7,13,17H,8,14H2,1-2H3. The third-order valence-corrected chi connectivity index (χ3v) is 2.80. The van der Waals surface area contributed by atoms with Gasteiger partial charge in [0.1, 0.15) is 6.10 Å². The highest BCUT2D eigenvalue weighted by Crippen LogP contribution is 2.21. The van der Waals surface area contributed by atoms with Gasteiger partial charge in [-0.2, -0.15) is 5.10 Å². The van der Waals surface area contributed by atoms with E-state index < -0.39 is 6.10 Å². The molecule has 0 radical (unpaired) electrons. The molecular weight excluding hydrogens is 214 g/mol. The summed E-state index contributed by atoms with van der Waals surface area (Å²) in [7, 11) is 0. The van der Waals surface area contributed by atoms with Gasteiger partial charge in [-0.25, -0.2) is 0 Å². The van der Waals surface area contributed by atoms with Crippen molar-refractivity contribution in [3.8, 4) is 0 Å². The van der Waals surface area contributed by atoms with Gasteiger partial charge >= 0.3 is 0 Å². The first-order valence-electron chi connectivity index (χ1n) is 5.61. The number of para-hydroxylation sites is 1. The van der Waals surface area contributed by atoms with E-state index in [0.717, 1.165) is 17.0 Å². The molecule has 0 aliphatic heterocycles. The van der Waals surface area contributed by atoms with Crippen LogP contribution >= 0.6 is 0 Å². The number of hydrogen-bond acceptors (Lipinski definition) is 3. The zero-order chi connectivity index (χ0) is 12.4. The molecule has 2 aromatic rings. The molecule has 1 atom stereocenters. The largest absolute Gasteiger partial charge is 0.398 e. The average Bonchev–Trinajstić information content (AvgIpc) is 2.58. The van der Waals surface area contributed by atoms with E-state index >= 15 is 0 Å². The number of rotatable bonds is 3. The lowest BCUT2D eigenvalue weighted by Crippen LogP contribution is -2.12. The molecule has 4 heteroatoms. The molecule has 1 aromatic heterocycles. The molecule has 0 saturated carbocycles. The van der Waals surface area contributed by atoms with Crippen LogP contribution in [0, 0.1) is 13.8 Å². The maximum Gasteiger partial charge on any atom is 0.101 e. The van der Waals surface area contributed by atoms with Crippen LogP contribution in [0.1, 0.15) is 23.1 Å². The molecule has 0 fully saturated rings. The molecule has 1 heterocycles. The highest BCUT2D eigenvalue weighted by molar-refractivity contribution is 5.47. The lowest BCUT2D eigenvalue weighted by atomic mass is 10.1. The Balaban J connectivity index is 2.20. The number of anilines is 1. The summed E-state index contributed by atoms with van der Waals surface area (Å²) in [6.07, 6.45) is -0.630. The van der Waals surface area contributed by atoms with Gasteiger partial charge in [-0.3, -0.25) is 4.68 Å². The number of nitrogen functional groups attached to an aromatic ring is 1. The van der Waals surface area contributed by atoms with Crippen LogP contribution in [0.3, 0.4) is 0 Å². The summed E-state index contributed by atoms with van der Waals surface area (Å²) in [4.78, 5) is 0. The van der Waals surface area contributed by atoms with Crippen molar-refractivity contribution in [1.82, 2.24) is 9.78 Å². The second kappa shape index (κ2) is 4.59. The van der Waals surface area contributed by atoms with Crippen LogP contribution in [-0.4, -0.2) is 14.9 Å². The maximum atomic E-state index is 10.1. The van der Waals surface area contributed by atoms with Crippen LogP contribution in [0.5, 0.6) is 0 Å². The molecule has 1 aromatic carbocycles. The summed E-state index contributed by atoms with van der Waals surface area (Å²) in [6.45, 7) is 4.34. The van der Waals surface area contributed by atoms with Gasteiger partial charge in [0.15, 0.2) is 0 Å². The van der Waals surface area contributed by atoms with Crippen LogP contribution in [-0.2, 0) is 6.54 Å². The van der Waals surface area contributed by atoms with Crippen molar-refractivity contribution in [2.24, 2.45) is 0 Å². The normalized spacial score (nSPS) is 12.6. The predicted octanol–water partition coefficient (Wildman–Crippen LogP) is 1.82. The van der Waals surface area contributed by atoms with Crippen molar-refractivity contribution < 1.29 is 5.11 Å². The van der Waals surface area contributed by atoms with Gasteiger partial charge in [-0.05, 0) is 26.0 Å². The Morgan fingerprint density at radius 1 is 1.35 bits per heavy atom. The highest BCUT2D eigenvalue weighted by Gasteiger charge is 2.12. The Labute approximate surface area is 101 Å². The maximum absolute atomic E-state index is 10.1. The van der Waals surface area contributed by atoms with Gasteiger partial charge in [-0.1, -0.05) is 18.2 Å². The molecule has 0 amide bonds. The van der Waals surface area contributed by atoms with E-state index in [0.29, 0.717) is 12.2 Å². The van der Waals surface area contributed by atoms with Gasteiger partial charge in [0, 0.05) is 16.9 Å². The number of aliphatic hydroxyl groups excluding tert-OH is 1. The van der Waals surface area contributed by atoms with E-state index in [1.165, 1.54) is 0 Å². The Bertz CT molecular complexity index is 519. The SMILES string of the molecule is Cc1cc(C)n(CC(O)c2ccccc2N)n1. The topological polar surface area (TPSA) is 64.1 Å². The molecule has 3 N–H and O–H groups in total.